The van der Waals surface area contributed by atoms with Crippen molar-refractivity contribution in [2.45, 2.75) is 52.6 Å². The van der Waals surface area contributed by atoms with Gasteiger partial charge < -0.3 is 4.74 Å². The molecule has 1 nitrogen and oxygen atoms in total. The van der Waals surface area contributed by atoms with Crippen molar-refractivity contribution in [1.29, 1.82) is 0 Å². The molecule has 1 fully saturated rings. The first-order valence-electron chi connectivity index (χ1n) is 4.05. The van der Waals surface area contributed by atoms with Crippen LogP contribution in [-0.2, 0) is 4.74 Å². The molecule has 0 atom stereocenters. The van der Waals surface area contributed by atoms with Crippen LogP contribution in [0.2, 0.25) is 0 Å². The fourth-order valence-corrected chi connectivity index (χ4v) is 1.47. The lowest BCUT2D eigenvalue weighted by molar-refractivity contribution is 0.0368. The Morgan fingerprint density at radius 2 is 1.80 bits per heavy atom. The van der Waals surface area contributed by atoms with E-state index in [9.17, 15) is 0 Å². The van der Waals surface area contributed by atoms with Crippen molar-refractivity contribution in [3.8, 4) is 0 Å². The molecular formula is C9H20O. The van der Waals surface area contributed by atoms with Crippen LogP contribution in [0.25, 0.3) is 0 Å². The highest BCUT2D eigenvalue weighted by molar-refractivity contribution is 4.64. The topological polar surface area (TPSA) is 9.23 Å². The molecular weight excluding hydrogens is 124 g/mol. The van der Waals surface area contributed by atoms with Gasteiger partial charge in [0.25, 0.3) is 0 Å². The van der Waals surface area contributed by atoms with Crippen LogP contribution in [0.1, 0.15) is 46.5 Å². The zero-order valence-corrected chi connectivity index (χ0v) is 6.23. The van der Waals surface area contributed by atoms with Gasteiger partial charge in [0.2, 0.25) is 0 Å². The highest BCUT2D eigenvalue weighted by atomic mass is 16.5. The van der Waals surface area contributed by atoms with Crippen LogP contribution >= 0.6 is 0 Å². The SMILES string of the molecule is C.CCOC1CCCCC1. The predicted molar refractivity (Wildman–Crippen MR) is 45.2 cm³/mol. The summed E-state index contributed by atoms with van der Waals surface area (Å²) in [4.78, 5) is 0. The summed E-state index contributed by atoms with van der Waals surface area (Å²) in [6.07, 6.45) is 7.38. The Labute approximate surface area is 64.8 Å². The molecule has 0 aliphatic heterocycles. The Kier molecular flexibility index (Phi) is 5.70. The van der Waals surface area contributed by atoms with Crippen molar-refractivity contribution in [1.82, 2.24) is 0 Å². The van der Waals surface area contributed by atoms with Crippen molar-refractivity contribution < 1.29 is 4.74 Å². The lowest BCUT2D eigenvalue weighted by atomic mass is 9.98. The van der Waals surface area contributed by atoms with E-state index in [0.717, 1.165) is 6.61 Å². The van der Waals surface area contributed by atoms with Crippen molar-refractivity contribution in [3.05, 3.63) is 0 Å². The van der Waals surface area contributed by atoms with E-state index in [1.165, 1.54) is 32.1 Å². The lowest BCUT2D eigenvalue weighted by Gasteiger charge is -2.20. The van der Waals surface area contributed by atoms with Crippen molar-refractivity contribution in [2.24, 2.45) is 0 Å². The molecule has 0 N–H and O–H groups in total. The molecule has 0 heterocycles. The molecule has 0 aromatic heterocycles. The zero-order chi connectivity index (χ0) is 6.53. The summed E-state index contributed by atoms with van der Waals surface area (Å²) in [6, 6.07) is 0. The second kappa shape index (κ2) is 5.72. The van der Waals surface area contributed by atoms with E-state index in [1.54, 1.807) is 0 Å². The first-order chi connectivity index (χ1) is 4.43. The van der Waals surface area contributed by atoms with Gasteiger partial charge in [-0.2, -0.15) is 0 Å². The molecule has 0 aromatic carbocycles. The maximum Gasteiger partial charge on any atom is 0.0575 e. The van der Waals surface area contributed by atoms with Crippen molar-refractivity contribution in [3.63, 3.8) is 0 Å². The average Bonchev–Trinajstić information content (AvgIpc) is 1.91. The van der Waals surface area contributed by atoms with Gasteiger partial charge in [-0.05, 0) is 19.8 Å². The molecule has 0 unspecified atom stereocenters. The first kappa shape index (κ1) is 9.96. The first-order valence-corrected chi connectivity index (χ1v) is 4.05. The Bertz CT molecular complexity index is 62.4. The van der Waals surface area contributed by atoms with Crippen LogP contribution in [0.15, 0.2) is 0 Å². The van der Waals surface area contributed by atoms with Crippen molar-refractivity contribution in [2.75, 3.05) is 6.61 Å². The van der Waals surface area contributed by atoms with E-state index < -0.39 is 0 Å². The molecule has 0 amide bonds. The third kappa shape index (κ3) is 3.21. The zero-order valence-electron chi connectivity index (χ0n) is 6.23. The van der Waals surface area contributed by atoms with Gasteiger partial charge in [-0.1, -0.05) is 26.7 Å². The maximum atomic E-state index is 5.48. The molecule has 0 saturated heterocycles. The molecule has 0 spiro atoms. The minimum atomic E-state index is 0. The minimum Gasteiger partial charge on any atom is -0.379 e. The second-order valence-electron chi connectivity index (χ2n) is 2.72. The summed E-state index contributed by atoms with van der Waals surface area (Å²) in [5.74, 6) is 0. The van der Waals surface area contributed by atoms with Gasteiger partial charge in [0.1, 0.15) is 0 Å². The third-order valence-corrected chi connectivity index (χ3v) is 1.95. The van der Waals surface area contributed by atoms with Gasteiger partial charge in [0, 0.05) is 6.61 Å². The molecule has 10 heavy (non-hydrogen) atoms. The standard InChI is InChI=1S/C8H16O.CH4/c1-2-9-8-6-4-3-5-7-8;/h8H,2-7H2,1H3;1H4. The molecule has 1 heteroatoms. The van der Waals surface area contributed by atoms with Crippen molar-refractivity contribution >= 4 is 0 Å². The van der Waals surface area contributed by atoms with Gasteiger partial charge in [0.15, 0.2) is 0 Å². The van der Waals surface area contributed by atoms with Crippen LogP contribution in [0, 0.1) is 0 Å². The van der Waals surface area contributed by atoms with Gasteiger partial charge in [-0.15, -0.1) is 0 Å². The Morgan fingerprint density at radius 3 is 2.30 bits per heavy atom. The van der Waals surface area contributed by atoms with E-state index in [1.807, 2.05) is 0 Å². The summed E-state index contributed by atoms with van der Waals surface area (Å²) >= 11 is 0. The van der Waals surface area contributed by atoms with Gasteiger partial charge in [0.05, 0.1) is 6.10 Å². The fraction of sp³-hybridized carbons (Fsp3) is 1.00. The summed E-state index contributed by atoms with van der Waals surface area (Å²) < 4.78 is 5.48. The normalized spacial score (nSPS) is 20.1. The van der Waals surface area contributed by atoms with Gasteiger partial charge >= 0.3 is 0 Å². The van der Waals surface area contributed by atoms with Gasteiger partial charge in [-0.25, -0.2) is 0 Å². The predicted octanol–water partition coefficient (Wildman–Crippen LogP) is 2.99. The van der Waals surface area contributed by atoms with E-state index in [0.29, 0.717) is 6.10 Å². The molecule has 0 radical (unpaired) electrons. The lowest BCUT2D eigenvalue weighted by Crippen LogP contribution is -2.15. The monoisotopic (exact) mass is 144 g/mol. The maximum absolute atomic E-state index is 5.48. The smallest absolute Gasteiger partial charge is 0.0575 e. The largest absolute Gasteiger partial charge is 0.379 e. The number of hydrogen-bond acceptors (Lipinski definition) is 1. The molecule has 62 valence electrons. The van der Waals surface area contributed by atoms with Crippen LogP contribution < -0.4 is 0 Å². The molecule has 1 aliphatic carbocycles. The van der Waals surface area contributed by atoms with E-state index in [4.69, 9.17) is 4.74 Å². The Hall–Kier alpha value is -0.0400. The van der Waals surface area contributed by atoms with Crippen LogP contribution in [0.3, 0.4) is 0 Å². The van der Waals surface area contributed by atoms with Crippen LogP contribution in [0.5, 0.6) is 0 Å². The van der Waals surface area contributed by atoms with E-state index in [2.05, 4.69) is 6.92 Å². The Balaban J connectivity index is 0.000000810. The van der Waals surface area contributed by atoms with E-state index in [-0.39, 0.29) is 7.43 Å². The number of rotatable bonds is 2. The fourth-order valence-electron chi connectivity index (χ4n) is 1.47. The number of ether oxygens (including phenoxy) is 1. The molecule has 1 saturated carbocycles. The van der Waals surface area contributed by atoms with Crippen LogP contribution in [-0.4, -0.2) is 12.7 Å². The van der Waals surface area contributed by atoms with Crippen LogP contribution in [0.4, 0.5) is 0 Å². The van der Waals surface area contributed by atoms with E-state index >= 15 is 0 Å². The highest BCUT2D eigenvalue weighted by Gasteiger charge is 2.11. The number of hydrogen-bond donors (Lipinski definition) is 0. The molecule has 1 rings (SSSR count). The highest BCUT2D eigenvalue weighted by Crippen LogP contribution is 2.19. The molecule has 0 bridgehead atoms. The summed E-state index contributed by atoms with van der Waals surface area (Å²) in [5.41, 5.74) is 0. The minimum absolute atomic E-state index is 0. The van der Waals surface area contributed by atoms with Gasteiger partial charge in [-0.3, -0.25) is 0 Å². The molecule has 1 aliphatic rings. The second-order valence-corrected chi connectivity index (χ2v) is 2.72. The summed E-state index contributed by atoms with van der Waals surface area (Å²) in [7, 11) is 0. The summed E-state index contributed by atoms with van der Waals surface area (Å²) in [5, 5.41) is 0. The molecule has 0 aromatic rings. The summed E-state index contributed by atoms with van der Waals surface area (Å²) in [6.45, 7) is 2.97. The Morgan fingerprint density at radius 1 is 1.20 bits per heavy atom. The quantitative estimate of drug-likeness (QED) is 0.579. The third-order valence-electron chi connectivity index (χ3n) is 1.95. The average molecular weight is 144 g/mol.